The van der Waals surface area contributed by atoms with Crippen LogP contribution in [0.2, 0.25) is 0 Å². The molecule has 40 heavy (non-hydrogen) atoms. The van der Waals surface area contributed by atoms with Crippen LogP contribution in [0.3, 0.4) is 0 Å². The molecule has 7 rings (SSSR count). The van der Waals surface area contributed by atoms with Gasteiger partial charge < -0.3 is 13.9 Å². The number of aryl methyl sites for hydroxylation is 3. The third kappa shape index (κ3) is 3.90. The van der Waals surface area contributed by atoms with Gasteiger partial charge in [0, 0.05) is 59.8 Å². The Labute approximate surface area is 233 Å². The van der Waals surface area contributed by atoms with Crippen LogP contribution in [-0.2, 0) is 14.1 Å². The summed E-state index contributed by atoms with van der Waals surface area (Å²) in [6.45, 7) is 2.09. The van der Waals surface area contributed by atoms with Crippen molar-refractivity contribution < 1.29 is 4.74 Å². The Morgan fingerprint density at radius 1 is 0.625 bits per heavy atom. The minimum Gasteiger partial charge on any atom is -0.439 e. The van der Waals surface area contributed by atoms with Crippen LogP contribution in [0.25, 0.3) is 27.5 Å². The summed E-state index contributed by atoms with van der Waals surface area (Å²) in [6.07, 6.45) is 4.53. The Morgan fingerprint density at radius 2 is 1.12 bits per heavy atom. The number of ether oxygens (including phenoxy) is 1. The van der Waals surface area contributed by atoms with E-state index >= 15 is 0 Å². The van der Waals surface area contributed by atoms with Crippen LogP contribution in [0, 0.1) is 6.92 Å². The normalized spacial score (nSPS) is 11.6. The van der Waals surface area contributed by atoms with Crippen molar-refractivity contribution in [1.29, 1.82) is 0 Å². The number of nitrogens with zero attached hydrogens (tertiary/aromatic N) is 4. The lowest BCUT2D eigenvalue weighted by atomic mass is 9.84. The van der Waals surface area contributed by atoms with E-state index < -0.39 is 0 Å². The van der Waals surface area contributed by atoms with E-state index in [9.17, 15) is 0 Å². The van der Waals surface area contributed by atoms with E-state index in [1.165, 1.54) is 32.9 Å². The van der Waals surface area contributed by atoms with Crippen molar-refractivity contribution in [1.82, 2.24) is 18.9 Å². The average molecular weight is 523 g/mol. The van der Waals surface area contributed by atoms with E-state index in [-0.39, 0.29) is 5.92 Å². The molecule has 0 saturated carbocycles. The summed E-state index contributed by atoms with van der Waals surface area (Å²) in [4.78, 5) is 0. The second kappa shape index (κ2) is 9.62. The molecule has 4 aromatic carbocycles. The number of rotatable bonds is 6. The molecule has 0 amide bonds. The van der Waals surface area contributed by atoms with E-state index in [1.807, 2.05) is 53.2 Å². The molecule has 0 atom stereocenters. The SMILES string of the molecule is Cc1nn(-c2ccccc2)c(Oc2ccccc2)c1C(c1cn(C)c2ccccc12)c1cn(C)c2ccccc12. The fraction of sp³-hybridized carbons (Fsp3) is 0.114. The fourth-order valence-electron chi connectivity index (χ4n) is 5.98. The first kappa shape index (κ1) is 24.0. The first-order valence-corrected chi connectivity index (χ1v) is 13.6. The van der Waals surface area contributed by atoms with Crippen LogP contribution in [0.5, 0.6) is 11.6 Å². The third-order valence-electron chi connectivity index (χ3n) is 7.79. The van der Waals surface area contributed by atoms with E-state index in [0.29, 0.717) is 0 Å². The summed E-state index contributed by atoms with van der Waals surface area (Å²) in [7, 11) is 4.24. The fourth-order valence-corrected chi connectivity index (χ4v) is 5.98. The van der Waals surface area contributed by atoms with Crippen molar-refractivity contribution in [2.75, 3.05) is 0 Å². The number of fused-ring (bicyclic) bond motifs is 2. The smallest absolute Gasteiger partial charge is 0.227 e. The molecule has 0 N–H and O–H groups in total. The van der Waals surface area contributed by atoms with Crippen LogP contribution in [0.15, 0.2) is 122 Å². The predicted octanol–water partition coefficient (Wildman–Crippen LogP) is 8.14. The number of para-hydroxylation sites is 4. The molecule has 0 fully saturated rings. The van der Waals surface area contributed by atoms with Crippen LogP contribution >= 0.6 is 0 Å². The standard InChI is InChI=1S/C35H30N4O/c1-24-33(35(40-26-16-8-5-9-17-26)39(36-24)25-14-6-4-7-15-25)34(29-22-37(2)31-20-12-10-18-27(29)31)30-23-38(3)32-21-13-11-19-28(30)32/h4-23,34H,1-3H3. The van der Waals surface area contributed by atoms with Gasteiger partial charge in [0.15, 0.2) is 0 Å². The molecule has 0 radical (unpaired) electrons. The molecule has 3 heterocycles. The number of benzene rings is 4. The van der Waals surface area contributed by atoms with Gasteiger partial charge in [-0.05, 0) is 54.4 Å². The molecular formula is C35H30N4O. The summed E-state index contributed by atoms with van der Waals surface area (Å²) in [6, 6.07) is 37.4. The van der Waals surface area contributed by atoms with Gasteiger partial charge in [0.05, 0.1) is 11.4 Å². The Morgan fingerprint density at radius 3 is 1.70 bits per heavy atom. The molecule has 0 saturated heterocycles. The lowest BCUT2D eigenvalue weighted by molar-refractivity contribution is 0.438. The maximum Gasteiger partial charge on any atom is 0.227 e. The maximum absolute atomic E-state index is 6.76. The molecule has 0 unspecified atom stereocenters. The highest BCUT2D eigenvalue weighted by Crippen LogP contribution is 2.46. The Balaban J connectivity index is 1.57. The first-order valence-electron chi connectivity index (χ1n) is 13.6. The zero-order chi connectivity index (χ0) is 27.2. The van der Waals surface area contributed by atoms with E-state index in [4.69, 9.17) is 9.84 Å². The molecule has 0 bridgehead atoms. The summed E-state index contributed by atoms with van der Waals surface area (Å²) in [5, 5.41) is 7.55. The summed E-state index contributed by atoms with van der Waals surface area (Å²) in [5.41, 5.74) is 7.78. The highest BCUT2D eigenvalue weighted by atomic mass is 16.5. The predicted molar refractivity (Wildman–Crippen MR) is 162 cm³/mol. The largest absolute Gasteiger partial charge is 0.439 e. The van der Waals surface area contributed by atoms with Crippen LogP contribution < -0.4 is 4.74 Å². The second-order valence-electron chi connectivity index (χ2n) is 10.3. The molecule has 7 aromatic rings. The molecule has 0 aliphatic rings. The molecular weight excluding hydrogens is 492 g/mol. The van der Waals surface area contributed by atoms with Crippen molar-refractivity contribution in [2.24, 2.45) is 14.1 Å². The topological polar surface area (TPSA) is 36.9 Å². The number of aromatic nitrogens is 4. The minimum absolute atomic E-state index is 0.117. The van der Waals surface area contributed by atoms with E-state index in [0.717, 1.165) is 28.6 Å². The molecule has 196 valence electrons. The first-order chi connectivity index (χ1) is 19.6. The lowest BCUT2D eigenvalue weighted by Crippen LogP contribution is -2.07. The quantitative estimate of drug-likeness (QED) is 0.221. The van der Waals surface area contributed by atoms with Gasteiger partial charge in [0.2, 0.25) is 5.88 Å². The number of hydrogen-bond donors (Lipinski definition) is 0. The zero-order valence-corrected chi connectivity index (χ0v) is 22.8. The van der Waals surface area contributed by atoms with E-state index in [2.05, 4.69) is 103 Å². The van der Waals surface area contributed by atoms with Gasteiger partial charge in [0.25, 0.3) is 0 Å². The zero-order valence-electron chi connectivity index (χ0n) is 22.8. The molecule has 3 aromatic heterocycles. The van der Waals surface area contributed by atoms with Crippen LogP contribution in [0.4, 0.5) is 0 Å². The summed E-state index contributed by atoms with van der Waals surface area (Å²) < 4.78 is 13.1. The maximum atomic E-state index is 6.76. The Hall–Kier alpha value is -5.03. The Kier molecular flexibility index (Phi) is 5.78. The molecule has 0 spiro atoms. The summed E-state index contributed by atoms with van der Waals surface area (Å²) in [5.74, 6) is 1.38. The average Bonchev–Trinajstić information content (AvgIpc) is 3.62. The Bertz CT molecular complexity index is 1880. The van der Waals surface area contributed by atoms with Gasteiger partial charge in [-0.2, -0.15) is 5.10 Å². The van der Waals surface area contributed by atoms with Crippen molar-refractivity contribution in [3.8, 4) is 17.3 Å². The molecule has 5 heteroatoms. The number of hydrogen-bond acceptors (Lipinski definition) is 2. The molecule has 5 nitrogen and oxygen atoms in total. The van der Waals surface area contributed by atoms with Gasteiger partial charge in [-0.25, -0.2) is 4.68 Å². The molecule has 0 aliphatic carbocycles. The minimum atomic E-state index is -0.117. The van der Waals surface area contributed by atoms with Crippen molar-refractivity contribution in [2.45, 2.75) is 12.8 Å². The monoisotopic (exact) mass is 522 g/mol. The van der Waals surface area contributed by atoms with Crippen LogP contribution in [0.1, 0.15) is 28.3 Å². The van der Waals surface area contributed by atoms with Gasteiger partial charge in [-0.1, -0.05) is 72.8 Å². The van der Waals surface area contributed by atoms with Gasteiger partial charge in [-0.15, -0.1) is 0 Å². The van der Waals surface area contributed by atoms with Gasteiger partial charge in [0.1, 0.15) is 5.75 Å². The highest BCUT2D eigenvalue weighted by Gasteiger charge is 2.32. The van der Waals surface area contributed by atoms with Gasteiger partial charge in [-0.3, -0.25) is 0 Å². The van der Waals surface area contributed by atoms with Crippen molar-refractivity contribution in [3.63, 3.8) is 0 Å². The van der Waals surface area contributed by atoms with Crippen molar-refractivity contribution >= 4 is 21.8 Å². The van der Waals surface area contributed by atoms with Crippen molar-refractivity contribution in [3.05, 3.63) is 144 Å². The van der Waals surface area contributed by atoms with Crippen LogP contribution in [-0.4, -0.2) is 18.9 Å². The summed E-state index contributed by atoms with van der Waals surface area (Å²) >= 11 is 0. The lowest BCUT2D eigenvalue weighted by Gasteiger charge is -2.19. The highest BCUT2D eigenvalue weighted by molar-refractivity contribution is 5.90. The third-order valence-corrected chi connectivity index (χ3v) is 7.79. The molecule has 0 aliphatic heterocycles. The van der Waals surface area contributed by atoms with E-state index in [1.54, 1.807) is 0 Å². The second-order valence-corrected chi connectivity index (χ2v) is 10.3. The van der Waals surface area contributed by atoms with Gasteiger partial charge >= 0.3 is 0 Å².